The number of hydrogen-bond acceptors (Lipinski definition) is 4. The zero-order chi connectivity index (χ0) is 9.42. The Bertz CT molecular complexity index is 332. The van der Waals surface area contributed by atoms with Crippen molar-refractivity contribution in [3.05, 3.63) is 5.01 Å². The monoisotopic (exact) mass is 197 g/mol. The highest BCUT2D eigenvalue weighted by molar-refractivity contribution is 7.15. The van der Waals surface area contributed by atoms with E-state index < -0.39 is 0 Å². The van der Waals surface area contributed by atoms with Crippen molar-refractivity contribution >= 4 is 22.4 Å². The number of carbonyl (C=O) groups is 1. The molecule has 1 aromatic heterocycles. The summed E-state index contributed by atoms with van der Waals surface area (Å²) in [5, 5.41) is 9.52. The number of rotatable bonds is 2. The minimum atomic E-state index is 0.0682. The van der Waals surface area contributed by atoms with E-state index in [4.69, 9.17) is 0 Å². The smallest absolute Gasteiger partial charge is 0.225 e. The summed E-state index contributed by atoms with van der Waals surface area (Å²) in [6.45, 7) is 3.47. The Morgan fingerprint density at radius 1 is 1.54 bits per heavy atom. The molecule has 0 spiro atoms. The van der Waals surface area contributed by atoms with Gasteiger partial charge in [-0.2, -0.15) is 0 Å². The highest BCUT2D eigenvalue weighted by Crippen LogP contribution is 2.33. The Kier molecular flexibility index (Phi) is 2.03. The van der Waals surface area contributed by atoms with Gasteiger partial charge in [-0.1, -0.05) is 11.3 Å². The zero-order valence-electron chi connectivity index (χ0n) is 7.65. The molecule has 1 heterocycles. The van der Waals surface area contributed by atoms with Crippen molar-refractivity contribution in [2.75, 3.05) is 4.90 Å². The number of carbonyl (C=O) groups excluding carboxylic acids is 1. The van der Waals surface area contributed by atoms with Crippen LogP contribution in [-0.4, -0.2) is 22.1 Å². The average Bonchev–Trinajstić information content (AvgIpc) is 2.76. The summed E-state index contributed by atoms with van der Waals surface area (Å²) in [6.07, 6.45) is 2.19. The lowest BCUT2D eigenvalue weighted by Crippen LogP contribution is -2.30. The number of amides is 1. The predicted molar refractivity (Wildman–Crippen MR) is 50.8 cm³/mol. The molecule has 1 saturated carbocycles. The van der Waals surface area contributed by atoms with Crippen LogP contribution in [0.1, 0.15) is 24.8 Å². The fraction of sp³-hybridized carbons (Fsp3) is 0.625. The van der Waals surface area contributed by atoms with Gasteiger partial charge < -0.3 is 0 Å². The summed E-state index contributed by atoms with van der Waals surface area (Å²) < 4.78 is 0. The van der Waals surface area contributed by atoms with Gasteiger partial charge in [-0.25, -0.2) is 0 Å². The van der Waals surface area contributed by atoms with Gasteiger partial charge in [0.1, 0.15) is 5.01 Å². The first-order chi connectivity index (χ1) is 6.18. The molecule has 0 aliphatic heterocycles. The third-order valence-electron chi connectivity index (χ3n) is 1.97. The van der Waals surface area contributed by atoms with Crippen LogP contribution in [0.5, 0.6) is 0 Å². The van der Waals surface area contributed by atoms with E-state index in [0.29, 0.717) is 6.04 Å². The normalized spacial score (nSPS) is 15.8. The molecular weight excluding hydrogens is 186 g/mol. The lowest BCUT2D eigenvalue weighted by Gasteiger charge is -2.15. The van der Waals surface area contributed by atoms with Crippen LogP contribution in [0.2, 0.25) is 0 Å². The molecule has 2 rings (SSSR count). The van der Waals surface area contributed by atoms with E-state index in [1.165, 1.54) is 11.3 Å². The van der Waals surface area contributed by atoms with Gasteiger partial charge >= 0.3 is 0 Å². The Labute approximate surface area is 80.6 Å². The topological polar surface area (TPSA) is 46.1 Å². The van der Waals surface area contributed by atoms with E-state index in [0.717, 1.165) is 23.0 Å². The maximum absolute atomic E-state index is 11.3. The van der Waals surface area contributed by atoms with Crippen LogP contribution in [0.15, 0.2) is 0 Å². The van der Waals surface area contributed by atoms with Gasteiger partial charge in [-0.3, -0.25) is 9.69 Å². The maximum atomic E-state index is 11.3. The van der Waals surface area contributed by atoms with Crippen LogP contribution in [-0.2, 0) is 4.79 Å². The molecule has 0 bridgehead atoms. The zero-order valence-corrected chi connectivity index (χ0v) is 8.47. The van der Waals surface area contributed by atoms with E-state index in [-0.39, 0.29) is 5.91 Å². The van der Waals surface area contributed by atoms with Gasteiger partial charge in [0.2, 0.25) is 11.0 Å². The van der Waals surface area contributed by atoms with Crippen molar-refractivity contribution in [1.82, 2.24) is 10.2 Å². The van der Waals surface area contributed by atoms with Gasteiger partial charge in [0, 0.05) is 13.0 Å². The van der Waals surface area contributed by atoms with Crippen LogP contribution in [0, 0.1) is 6.92 Å². The number of aryl methyl sites for hydroxylation is 1. The van der Waals surface area contributed by atoms with Crippen molar-refractivity contribution in [3.8, 4) is 0 Å². The second-order valence-corrected chi connectivity index (χ2v) is 4.38. The SMILES string of the molecule is CC(=O)N(c1nnc(C)s1)C1CC1. The molecule has 1 aliphatic carbocycles. The first-order valence-corrected chi connectivity index (χ1v) is 5.10. The number of nitrogens with zero attached hydrogens (tertiary/aromatic N) is 3. The molecule has 0 aromatic carbocycles. The van der Waals surface area contributed by atoms with Crippen molar-refractivity contribution in [2.24, 2.45) is 0 Å². The Hall–Kier alpha value is -0.970. The predicted octanol–water partition coefficient (Wildman–Crippen LogP) is 1.36. The lowest BCUT2D eigenvalue weighted by atomic mass is 10.5. The molecule has 70 valence electrons. The molecule has 1 amide bonds. The Morgan fingerprint density at radius 2 is 2.23 bits per heavy atom. The average molecular weight is 197 g/mol. The molecule has 0 saturated heterocycles. The van der Waals surface area contributed by atoms with Crippen LogP contribution < -0.4 is 4.90 Å². The quantitative estimate of drug-likeness (QED) is 0.719. The lowest BCUT2D eigenvalue weighted by molar-refractivity contribution is -0.116. The number of aromatic nitrogens is 2. The standard InChI is InChI=1S/C8H11N3OS/c1-5-9-10-8(13-5)11(6(2)12)7-3-4-7/h7H,3-4H2,1-2H3. The largest absolute Gasteiger partial charge is 0.284 e. The molecule has 0 atom stereocenters. The Morgan fingerprint density at radius 3 is 2.62 bits per heavy atom. The molecule has 0 unspecified atom stereocenters. The summed E-state index contributed by atoms with van der Waals surface area (Å²) in [5.41, 5.74) is 0. The van der Waals surface area contributed by atoms with Crippen LogP contribution >= 0.6 is 11.3 Å². The van der Waals surface area contributed by atoms with Crippen molar-refractivity contribution < 1.29 is 4.79 Å². The fourth-order valence-corrected chi connectivity index (χ4v) is 2.07. The first-order valence-electron chi connectivity index (χ1n) is 4.28. The van der Waals surface area contributed by atoms with Crippen molar-refractivity contribution in [1.29, 1.82) is 0 Å². The molecule has 13 heavy (non-hydrogen) atoms. The van der Waals surface area contributed by atoms with E-state index in [2.05, 4.69) is 10.2 Å². The van der Waals surface area contributed by atoms with Crippen molar-refractivity contribution in [3.63, 3.8) is 0 Å². The van der Waals surface area contributed by atoms with Gasteiger partial charge in [0.05, 0.1) is 0 Å². The molecule has 1 fully saturated rings. The van der Waals surface area contributed by atoms with Crippen LogP contribution in [0.25, 0.3) is 0 Å². The minimum absolute atomic E-state index is 0.0682. The van der Waals surface area contributed by atoms with Crippen molar-refractivity contribution in [2.45, 2.75) is 32.7 Å². The molecule has 4 nitrogen and oxygen atoms in total. The molecule has 5 heteroatoms. The van der Waals surface area contributed by atoms with Gasteiger partial charge in [-0.15, -0.1) is 10.2 Å². The van der Waals surface area contributed by atoms with Gasteiger partial charge in [0.15, 0.2) is 0 Å². The third kappa shape index (κ3) is 1.70. The summed E-state index contributed by atoms with van der Waals surface area (Å²) in [4.78, 5) is 13.1. The van der Waals surface area contributed by atoms with E-state index in [1.807, 2.05) is 6.92 Å². The molecule has 0 N–H and O–H groups in total. The molecular formula is C8H11N3OS. The summed E-state index contributed by atoms with van der Waals surface area (Å²) in [7, 11) is 0. The molecule has 0 radical (unpaired) electrons. The highest BCUT2D eigenvalue weighted by atomic mass is 32.1. The van der Waals surface area contributed by atoms with E-state index in [1.54, 1.807) is 11.8 Å². The number of anilines is 1. The molecule has 1 aliphatic rings. The second-order valence-electron chi connectivity index (χ2n) is 3.22. The van der Waals surface area contributed by atoms with Gasteiger partial charge in [0.25, 0.3) is 0 Å². The molecule has 1 aromatic rings. The summed E-state index contributed by atoms with van der Waals surface area (Å²) >= 11 is 1.48. The minimum Gasteiger partial charge on any atom is -0.284 e. The number of hydrogen-bond donors (Lipinski definition) is 0. The van der Waals surface area contributed by atoms with Crippen LogP contribution in [0.4, 0.5) is 5.13 Å². The van der Waals surface area contributed by atoms with Crippen LogP contribution in [0.3, 0.4) is 0 Å². The van der Waals surface area contributed by atoms with Gasteiger partial charge in [-0.05, 0) is 19.8 Å². The Balaban J connectivity index is 2.24. The fourth-order valence-electron chi connectivity index (χ4n) is 1.26. The summed E-state index contributed by atoms with van der Waals surface area (Å²) in [5.74, 6) is 0.0682. The first kappa shape index (κ1) is 8.62. The third-order valence-corrected chi connectivity index (χ3v) is 2.81. The van der Waals surface area contributed by atoms with E-state index >= 15 is 0 Å². The second kappa shape index (κ2) is 3.06. The summed E-state index contributed by atoms with van der Waals surface area (Å²) in [6, 6.07) is 0.379. The maximum Gasteiger partial charge on any atom is 0.225 e. The van der Waals surface area contributed by atoms with E-state index in [9.17, 15) is 4.79 Å². The highest BCUT2D eigenvalue weighted by Gasteiger charge is 2.33.